The third-order valence-corrected chi connectivity index (χ3v) is 2.20. The molecule has 0 radical (unpaired) electrons. The Balaban J connectivity index is 2.71. The molecule has 0 unspecified atom stereocenters. The van der Waals surface area contributed by atoms with E-state index in [-0.39, 0.29) is 5.69 Å². The highest BCUT2D eigenvalue weighted by molar-refractivity contribution is 5.86. The zero-order valence-corrected chi connectivity index (χ0v) is 7.92. The molecular formula is C11H5F3N2. The molecule has 1 aromatic heterocycles. The van der Waals surface area contributed by atoms with Gasteiger partial charge < -0.3 is 0 Å². The lowest BCUT2D eigenvalue weighted by molar-refractivity contribution is -0.137. The summed E-state index contributed by atoms with van der Waals surface area (Å²) in [4.78, 5) is 3.77. The number of benzene rings is 1. The van der Waals surface area contributed by atoms with E-state index in [1.165, 1.54) is 18.3 Å². The Morgan fingerprint density at radius 1 is 1.19 bits per heavy atom. The second kappa shape index (κ2) is 3.49. The largest absolute Gasteiger partial charge is 0.416 e. The van der Waals surface area contributed by atoms with E-state index in [0.717, 1.165) is 12.1 Å². The van der Waals surface area contributed by atoms with Crippen LogP contribution in [0.3, 0.4) is 0 Å². The smallest absolute Gasteiger partial charge is 0.245 e. The van der Waals surface area contributed by atoms with Gasteiger partial charge in [0.2, 0.25) is 0 Å². The molecule has 0 saturated heterocycles. The molecule has 0 aliphatic rings. The monoisotopic (exact) mass is 222 g/mol. The number of aromatic nitrogens is 1. The molecule has 2 nitrogen and oxygen atoms in total. The average molecular weight is 222 g/mol. The summed E-state index contributed by atoms with van der Waals surface area (Å²) in [6.07, 6.45) is -3.05. The maximum atomic E-state index is 12.4. The number of nitrogens with zero attached hydrogens (tertiary/aromatic N) is 2. The summed E-state index contributed by atoms with van der Waals surface area (Å²) in [6.45, 7) is 0. The molecule has 0 atom stereocenters. The van der Waals surface area contributed by atoms with Crippen molar-refractivity contribution in [3.63, 3.8) is 0 Å². The summed E-state index contributed by atoms with van der Waals surface area (Å²) < 4.78 is 37.3. The second-order valence-corrected chi connectivity index (χ2v) is 3.21. The van der Waals surface area contributed by atoms with Gasteiger partial charge in [0, 0.05) is 11.6 Å². The van der Waals surface area contributed by atoms with Gasteiger partial charge in [0.05, 0.1) is 5.56 Å². The van der Waals surface area contributed by atoms with Crippen molar-refractivity contribution in [1.29, 1.82) is 5.26 Å². The van der Waals surface area contributed by atoms with Crippen LogP contribution in [0, 0.1) is 11.3 Å². The molecule has 1 aromatic carbocycles. The molecule has 0 aliphatic heterocycles. The van der Waals surface area contributed by atoms with Gasteiger partial charge in [-0.25, -0.2) is 4.98 Å². The lowest BCUT2D eigenvalue weighted by Crippen LogP contribution is -2.04. The van der Waals surface area contributed by atoms with Crippen LogP contribution in [0.5, 0.6) is 0 Å². The van der Waals surface area contributed by atoms with Gasteiger partial charge in [-0.05, 0) is 23.6 Å². The number of alkyl halides is 3. The molecule has 0 spiro atoms. The first kappa shape index (κ1) is 10.4. The van der Waals surface area contributed by atoms with Crippen molar-refractivity contribution in [2.45, 2.75) is 6.18 Å². The fraction of sp³-hybridized carbons (Fsp3) is 0.0909. The Bertz CT molecular complexity index is 582. The van der Waals surface area contributed by atoms with E-state index in [2.05, 4.69) is 4.98 Å². The van der Waals surface area contributed by atoms with Crippen molar-refractivity contribution in [3.8, 4) is 6.07 Å². The predicted octanol–water partition coefficient (Wildman–Crippen LogP) is 3.13. The average Bonchev–Trinajstić information content (AvgIpc) is 2.26. The van der Waals surface area contributed by atoms with E-state index in [0.29, 0.717) is 10.8 Å². The zero-order chi connectivity index (χ0) is 11.8. The van der Waals surface area contributed by atoms with Crippen molar-refractivity contribution in [2.75, 3.05) is 0 Å². The molecule has 16 heavy (non-hydrogen) atoms. The van der Waals surface area contributed by atoms with Crippen LogP contribution in [0.15, 0.2) is 30.5 Å². The number of halogens is 3. The van der Waals surface area contributed by atoms with Crippen LogP contribution in [0.1, 0.15) is 11.3 Å². The summed E-state index contributed by atoms with van der Waals surface area (Å²) in [6, 6.07) is 6.51. The van der Waals surface area contributed by atoms with Gasteiger partial charge in [-0.3, -0.25) is 0 Å². The van der Waals surface area contributed by atoms with E-state index >= 15 is 0 Å². The van der Waals surface area contributed by atoms with Gasteiger partial charge in [0.15, 0.2) is 0 Å². The lowest BCUT2D eigenvalue weighted by Gasteiger charge is -2.07. The van der Waals surface area contributed by atoms with Crippen LogP contribution in [-0.2, 0) is 6.18 Å². The van der Waals surface area contributed by atoms with Crippen LogP contribution in [0.4, 0.5) is 13.2 Å². The van der Waals surface area contributed by atoms with Crippen LogP contribution < -0.4 is 0 Å². The highest BCUT2D eigenvalue weighted by Crippen LogP contribution is 2.31. The minimum atomic E-state index is -4.37. The van der Waals surface area contributed by atoms with E-state index in [1.807, 2.05) is 6.07 Å². The Hall–Kier alpha value is -2.09. The molecule has 0 amide bonds. The van der Waals surface area contributed by atoms with Gasteiger partial charge in [0.25, 0.3) is 0 Å². The second-order valence-electron chi connectivity index (χ2n) is 3.21. The van der Waals surface area contributed by atoms with E-state index in [1.54, 1.807) is 0 Å². The Labute approximate surface area is 89.0 Å². The van der Waals surface area contributed by atoms with Crippen LogP contribution in [0.2, 0.25) is 0 Å². The van der Waals surface area contributed by atoms with E-state index in [9.17, 15) is 13.2 Å². The van der Waals surface area contributed by atoms with Crippen molar-refractivity contribution in [2.24, 2.45) is 0 Å². The van der Waals surface area contributed by atoms with Gasteiger partial charge in [-0.2, -0.15) is 18.4 Å². The number of hydrogen-bond donors (Lipinski definition) is 0. The summed E-state index contributed by atoms with van der Waals surface area (Å²) in [5, 5.41) is 9.52. The van der Waals surface area contributed by atoms with Crippen molar-refractivity contribution in [3.05, 3.63) is 41.7 Å². The van der Waals surface area contributed by atoms with Gasteiger partial charge in [-0.15, -0.1) is 0 Å². The highest BCUT2D eigenvalue weighted by atomic mass is 19.4. The summed E-state index contributed by atoms with van der Waals surface area (Å²) >= 11 is 0. The van der Waals surface area contributed by atoms with Crippen molar-refractivity contribution in [1.82, 2.24) is 4.98 Å². The fourth-order valence-electron chi connectivity index (χ4n) is 1.44. The highest BCUT2D eigenvalue weighted by Gasteiger charge is 2.30. The summed E-state index contributed by atoms with van der Waals surface area (Å²) in [5.74, 6) is 0. The molecule has 2 aromatic rings. The molecule has 0 saturated carbocycles. The Kier molecular flexibility index (Phi) is 2.27. The first-order valence-corrected chi connectivity index (χ1v) is 4.38. The maximum Gasteiger partial charge on any atom is 0.416 e. The first-order chi connectivity index (χ1) is 7.52. The third kappa shape index (κ3) is 1.70. The lowest BCUT2D eigenvalue weighted by atomic mass is 10.1. The van der Waals surface area contributed by atoms with E-state index < -0.39 is 11.7 Å². The van der Waals surface area contributed by atoms with Crippen LogP contribution in [-0.4, -0.2) is 4.98 Å². The van der Waals surface area contributed by atoms with Gasteiger partial charge >= 0.3 is 6.18 Å². The molecule has 2 rings (SSSR count). The predicted molar refractivity (Wildman–Crippen MR) is 51.5 cm³/mol. The van der Waals surface area contributed by atoms with Gasteiger partial charge in [0.1, 0.15) is 11.8 Å². The third-order valence-electron chi connectivity index (χ3n) is 2.20. The molecule has 5 heteroatoms. The number of rotatable bonds is 0. The number of fused-ring (bicyclic) bond motifs is 1. The van der Waals surface area contributed by atoms with Crippen molar-refractivity contribution >= 4 is 10.8 Å². The van der Waals surface area contributed by atoms with Crippen molar-refractivity contribution < 1.29 is 13.2 Å². The molecule has 0 N–H and O–H groups in total. The Morgan fingerprint density at radius 2 is 1.94 bits per heavy atom. The molecule has 1 heterocycles. The topological polar surface area (TPSA) is 36.7 Å². The van der Waals surface area contributed by atoms with E-state index in [4.69, 9.17) is 5.26 Å². The van der Waals surface area contributed by atoms with Crippen LogP contribution in [0.25, 0.3) is 10.8 Å². The molecule has 80 valence electrons. The van der Waals surface area contributed by atoms with Crippen LogP contribution >= 0.6 is 0 Å². The SMILES string of the molecule is N#Cc1nccc2cc(C(F)(F)F)ccc12. The molecule has 0 bridgehead atoms. The quantitative estimate of drug-likeness (QED) is 0.686. The standard InChI is InChI=1S/C11H5F3N2/c12-11(13,14)8-1-2-9-7(5-8)3-4-16-10(9)6-15/h1-5H. The molecule has 0 aliphatic carbocycles. The minimum absolute atomic E-state index is 0.131. The number of nitriles is 1. The normalized spacial score (nSPS) is 11.4. The molecular weight excluding hydrogens is 217 g/mol. The van der Waals surface area contributed by atoms with Gasteiger partial charge in [-0.1, -0.05) is 6.07 Å². The zero-order valence-electron chi connectivity index (χ0n) is 7.92. The molecule has 0 fully saturated rings. The summed E-state index contributed by atoms with van der Waals surface area (Å²) in [7, 11) is 0. The maximum absolute atomic E-state index is 12.4. The number of pyridine rings is 1. The summed E-state index contributed by atoms with van der Waals surface area (Å²) in [5.41, 5.74) is -0.596. The fourth-order valence-corrected chi connectivity index (χ4v) is 1.44. The Morgan fingerprint density at radius 3 is 2.56 bits per heavy atom. The minimum Gasteiger partial charge on any atom is -0.245 e. The number of hydrogen-bond acceptors (Lipinski definition) is 2. The first-order valence-electron chi connectivity index (χ1n) is 4.38.